The third-order valence-electron chi connectivity index (χ3n) is 2.50. The molecule has 7 nitrogen and oxygen atoms in total. The fourth-order valence-electron chi connectivity index (χ4n) is 1.37. The zero-order chi connectivity index (χ0) is 12.5. The van der Waals surface area contributed by atoms with Crippen LogP contribution < -0.4 is 5.73 Å². The molecule has 2 rings (SSSR count). The van der Waals surface area contributed by atoms with Gasteiger partial charge < -0.3 is 10.8 Å². The smallest absolute Gasteiger partial charge is 0.253 e. The Hall–Kier alpha value is -2.28. The zero-order valence-corrected chi connectivity index (χ0v) is 9.11. The Morgan fingerprint density at radius 1 is 1.53 bits per heavy atom. The maximum Gasteiger partial charge on any atom is 0.253 e. The van der Waals surface area contributed by atoms with Crippen LogP contribution in [-0.2, 0) is 10.4 Å². The highest BCUT2D eigenvalue weighted by atomic mass is 16.3. The van der Waals surface area contributed by atoms with Gasteiger partial charge in [-0.25, -0.2) is 4.68 Å². The quantitative estimate of drug-likeness (QED) is 0.732. The van der Waals surface area contributed by atoms with Crippen LogP contribution in [0, 0.1) is 0 Å². The number of aliphatic hydroxyl groups is 1. The maximum absolute atomic E-state index is 11.1. The molecule has 0 fully saturated rings. The van der Waals surface area contributed by atoms with E-state index in [0.717, 1.165) is 0 Å². The minimum atomic E-state index is -1.72. The van der Waals surface area contributed by atoms with Gasteiger partial charge in [0.1, 0.15) is 6.33 Å². The molecular formula is C10H11N5O2. The van der Waals surface area contributed by atoms with Crippen LogP contribution in [0.3, 0.4) is 0 Å². The summed E-state index contributed by atoms with van der Waals surface area (Å²) in [6, 6.07) is 6.64. The van der Waals surface area contributed by atoms with Crippen LogP contribution in [0.5, 0.6) is 0 Å². The molecule has 1 atom stereocenters. The van der Waals surface area contributed by atoms with Crippen LogP contribution in [-0.4, -0.2) is 31.2 Å². The molecule has 3 N–H and O–H groups in total. The summed E-state index contributed by atoms with van der Waals surface area (Å²) in [5.74, 6) is -0.814. The molecule has 1 unspecified atom stereocenters. The summed E-state index contributed by atoms with van der Waals surface area (Å²) in [6.07, 6.45) is 1.41. The van der Waals surface area contributed by atoms with Gasteiger partial charge in [-0.15, -0.1) is 5.10 Å². The number of aromatic nitrogens is 4. The van der Waals surface area contributed by atoms with E-state index in [4.69, 9.17) is 5.73 Å². The van der Waals surface area contributed by atoms with E-state index in [0.29, 0.717) is 11.3 Å². The molecule has 1 heterocycles. The number of benzene rings is 1. The molecule has 1 aromatic carbocycles. The lowest BCUT2D eigenvalue weighted by Crippen LogP contribution is -2.38. The molecule has 7 heteroatoms. The highest BCUT2D eigenvalue weighted by molar-refractivity contribution is 5.84. The zero-order valence-electron chi connectivity index (χ0n) is 9.11. The van der Waals surface area contributed by atoms with Crippen LogP contribution in [0.2, 0.25) is 0 Å². The van der Waals surface area contributed by atoms with Crippen molar-refractivity contribution >= 4 is 5.91 Å². The van der Waals surface area contributed by atoms with Crippen molar-refractivity contribution in [1.82, 2.24) is 20.2 Å². The van der Waals surface area contributed by atoms with Gasteiger partial charge in [-0.3, -0.25) is 4.79 Å². The number of amides is 1. The Balaban J connectivity index is 2.46. The SMILES string of the molecule is CC(O)(C(N)=O)c1cccc(-n2cnnn2)c1. The molecule has 17 heavy (non-hydrogen) atoms. The fourth-order valence-corrected chi connectivity index (χ4v) is 1.37. The number of tetrazole rings is 1. The molecule has 0 saturated carbocycles. The molecule has 1 amide bonds. The van der Waals surface area contributed by atoms with E-state index >= 15 is 0 Å². The minimum Gasteiger partial charge on any atom is -0.376 e. The molecule has 0 saturated heterocycles. The van der Waals surface area contributed by atoms with Crippen LogP contribution in [0.4, 0.5) is 0 Å². The largest absolute Gasteiger partial charge is 0.376 e. The van der Waals surface area contributed by atoms with E-state index < -0.39 is 11.5 Å². The van der Waals surface area contributed by atoms with Gasteiger partial charge >= 0.3 is 0 Å². The van der Waals surface area contributed by atoms with Crippen LogP contribution >= 0.6 is 0 Å². The Morgan fingerprint density at radius 3 is 2.88 bits per heavy atom. The van der Waals surface area contributed by atoms with E-state index in [9.17, 15) is 9.90 Å². The Kier molecular flexibility index (Phi) is 2.60. The van der Waals surface area contributed by atoms with Crippen molar-refractivity contribution in [2.45, 2.75) is 12.5 Å². The Bertz CT molecular complexity index is 535. The first-order chi connectivity index (χ1) is 8.01. The van der Waals surface area contributed by atoms with Crippen molar-refractivity contribution < 1.29 is 9.90 Å². The number of carbonyl (C=O) groups excluding carboxylic acids is 1. The Morgan fingerprint density at radius 2 is 2.29 bits per heavy atom. The van der Waals surface area contributed by atoms with Crippen molar-refractivity contribution in [3.63, 3.8) is 0 Å². The molecule has 1 aromatic heterocycles. The van der Waals surface area contributed by atoms with Crippen LogP contribution in [0.25, 0.3) is 5.69 Å². The molecule has 88 valence electrons. The topological polar surface area (TPSA) is 107 Å². The molecular weight excluding hydrogens is 222 g/mol. The van der Waals surface area contributed by atoms with Gasteiger partial charge in [0.2, 0.25) is 0 Å². The molecule has 0 aliphatic carbocycles. The fraction of sp³-hybridized carbons (Fsp3) is 0.200. The van der Waals surface area contributed by atoms with Gasteiger partial charge in [0.15, 0.2) is 5.60 Å². The van der Waals surface area contributed by atoms with Crippen LogP contribution in [0.15, 0.2) is 30.6 Å². The number of nitrogens with two attached hydrogens (primary N) is 1. The number of hydrogen-bond donors (Lipinski definition) is 2. The second-order valence-corrected chi connectivity index (χ2v) is 3.74. The van der Waals surface area contributed by atoms with E-state index in [2.05, 4.69) is 15.5 Å². The number of nitrogens with zero attached hydrogens (tertiary/aromatic N) is 4. The number of primary amides is 1. The number of rotatable bonds is 3. The lowest BCUT2D eigenvalue weighted by atomic mass is 9.95. The number of carbonyl (C=O) groups is 1. The van der Waals surface area contributed by atoms with Gasteiger partial charge in [0, 0.05) is 0 Å². The summed E-state index contributed by atoms with van der Waals surface area (Å²) in [7, 11) is 0. The monoisotopic (exact) mass is 233 g/mol. The summed E-state index contributed by atoms with van der Waals surface area (Å²) in [6.45, 7) is 1.34. The average Bonchev–Trinajstić information content (AvgIpc) is 2.82. The van der Waals surface area contributed by atoms with Gasteiger partial charge in [-0.05, 0) is 35.0 Å². The van der Waals surface area contributed by atoms with E-state index in [1.807, 2.05) is 0 Å². The van der Waals surface area contributed by atoms with Gasteiger partial charge in [-0.1, -0.05) is 12.1 Å². The third kappa shape index (κ3) is 2.00. The van der Waals surface area contributed by atoms with Gasteiger partial charge in [0.25, 0.3) is 5.91 Å². The second kappa shape index (κ2) is 3.95. The van der Waals surface area contributed by atoms with E-state index in [-0.39, 0.29) is 0 Å². The highest BCUT2D eigenvalue weighted by Gasteiger charge is 2.30. The summed E-state index contributed by atoms with van der Waals surface area (Å²) >= 11 is 0. The molecule has 0 bridgehead atoms. The lowest BCUT2D eigenvalue weighted by molar-refractivity contribution is -0.135. The standard InChI is InChI=1S/C10H11N5O2/c1-10(17,9(11)16)7-3-2-4-8(5-7)15-6-12-13-14-15/h2-6,17H,1H3,(H2,11,16). The molecule has 2 aromatic rings. The normalized spacial score (nSPS) is 14.2. The first kappa shape index (κ1) is 11.2. The average molecular weight is 233 g/mol. The summed E-state index contributed by atoms with van der Waals surface area (Å²) in [4.78, 5) is 11.1. The van der Waals surface area contributed by atoms with Crippen molar-refractivity contribution in [2.75, 3.05) is 0 Å². The molecule has 0 aliphatic heterocycles. The van der Waals surface area contributed by atoms with Crippen LogP contribution in [0.1, 0.15) is 12.5 Å². The lowest BCUT2D eigenvalue weighted by Gasteiger charge is -2.20. The predicted octanol–water partition coefficient (Wildman–Crippen LogP) is -0.645. The third-order valence-corrected chi connectivity index (χ3v) is 2.50. The highest BCUT2D eigenvalue weighted by Crippen LogP contribution is 2.22. The van der Waals surface area contributed by atoms with Gasteiger partial charge in [-0.2, -0.15) is 0 Å². The number of hydrogen-bond acceptors (Lipinski definition) is 5. The first-order valence-corrected chi connectivity index (χ1v) is 4.88. The maximum atomic E-state index is 11.1. The van der Waals surface area contributed by atoms with E-state index in [1.165, 1.54) is 17.9 Å². The summed E-state index contributed by atoms with van der Waals surface area (Å²) in [5, 5.41) is 20.7. The summed E-state index contributed by atoms with van der Waals surface area (Å²) < 4.78 is 1.42. The molecule has 0 spiro atoms. The van der Waals surface area contributed by atoms with Crippen molar-refractivity contribution in [2.24, 2.45) is 5.73 Å². The van der Waals surface area contributed by atoms with Crippen molar-refractivity contribution in [3.05, 3.63) is 36.2 Å². The molecule has 0 aliphatic rings. The predicted molar refractivity (Wildman–Crippen MR) is 57.9 cm³/mol. The van der Waals surface area contributed by atoms with Crippen molar-refractivity contribution in [3.8, 4) is 5.69 Å². The van der Waals surface area contributed by atoms with Gasteiger partial charge in [0.05, 0.1) is 5.69 Å². The Labute approximate surface area is 96.9 Å². The summed E-state index contributed by atoms with van der Waals surface area (Å²) in [5.41, 5.74) is 4.44. The minimum absolute atomic E-state index is 0.387. The van der Waals surface area contributed by atoms with Crippen molar-refractivity contribution in [1.29, 1.82) is 0 Å². The second-order valence-electron chi connectivity index (χ2n) is 3.74. The van der Waals surface area contributed by atoms with E-state index in [1.54, 1.807) is 24.3 Å². The first-order valence-electron chi connectivity index (χ1n) is 4.88. The molecule has 0 radical (unpaired) electrons.